The van der Waals surface area contributed by atoms with Gasteiger partial charge in [-0.15, -0.1) is 0 Å². The van der Waals surface area contributed by atoms with E-state index in [9.17, 15) is 0 Å². The standard InChI is InChI=1S/C15H25N/c1-3-15(4-2)16-13-9-8-12-14-10-6-5-7-11-14/h5-7,10-11,15-16H,3-4,8-9,12-13H2,1-2H3. The number of hydrogen-bond donors (Lipinski definition) is 1. The maximum atomic E-state index is 3.61. The lowest BCUT2D eigenvalue weighted by molar-refractivity contribution is 0.474. The highest BCUT2D eigenvalue weighted by atomic mass is 14.9. The zero-order chi connectivity index (χ0) is 11.6. The van der Waals surface area contributed by atoms with Gasteiger partial charge < -0.3 is 5.32 Å². The summed E-state index contributed by atoms with van der Waals surface area (Å²) in [5.74, 6) is 0. The first kappa shape index (κ1) is 13.2. The summed E-state index contributed by atoms with van der Waals surface area (Å²) >= 11 is 0. The Balaban J connectivity index is 2.04. The normalized spacial score (nSPS) is 10.9. The number of benzene rings is 1. The van der Waals surface area contributed by atoms with Gasteiger partial charge in [-0.25, -0.2) is 0 Å². The van der Waals surface area contributed by atoms with E-state index in [4.69, 9.17) is 0 Å². The highest BCUT2D eigenvalue weighted by Gasteiger charge is 2.00. The van der Waals surface area contributed by atoms with Crippen molar-refractivity contribution in [3.05, 3.63) is 35.9 Å². The van der Waals surface area contributed by atoms with Crippen molar-refractivity contribution in [2.75, 3.05) is 6.54 Å². The predicted molar refractivity (Wildman–Crippen MR) is 71.8 cm³/mol. The summed E-state index contributed by atoms with van der Waals surface area (Å²) in [6.45, 7) is 5.68. The van der Waals surface area contributed by atoms with Crippen molar-refractivity contribution in [1.29, 1.82) is 0 Å². The van der Waals surface area contributed by atoms with Gasteiger partial charge in [0.2, 0.25) is 0 Å². The molecule has 0 amide bonds. The van der Waals surface area contributed by atoms with Gasteiger partial charge in [0, 0.05) is 6.04 Å². The Hall–Kier alpha value is -0.820. The molecule has 0 bridgehead atoms. The smallest absolute Gasteiger partial charge is 0.00618 e. The summed E-state index contributed by atoms with van der Waals surface area (Å²) in [6, 6.07) is 11.5. The summed E-state index contributed by atoms with van der Waals surface area (Å²) in [4.78, 5) is 0. The van der Waals surface area contributed by atoms with Gasteiger partial charge >= 0.3 is 0 Å². The molecular weight excluding hydrogens is 194 g/mol. The first-order chi connectivity index (χ1) is 7.86. The van der Waals surface area contributed by atoms with E-state index < -0.39 is 0 Å². The molecule has 0 saturated carbocycles. The summed E-state index contributed by atoms with van der Waals surface area (Å²) in [6.07, 6.45) is 6.28. The minimum Gasteiger partial charge on any atom is -0.314 e. The third-order valence-corrected chi connectivity index (χ3v) is 3.15. The van der Waals surface area contributed by atoms with E-state index in [-0.39, 0.29) is 0 Å². The van der Waals surface area contributed by atoms with Crippen molar-refractivity contribution in [3.63, 3.8) is 0 Å². The third kappa shape index (κ3) is 5.32. The van der Waals surface area contributed by atoms with E-state index in [1.807, 2.05) is 0 Å². The zero-order valence-corrected chi connectivity index (χ0v) is 10.7. The molecule has 0 atom stereocenters. The maximum absolute atomic E-state index is 3.61. The van der Waals surface area contributed by atoms with Gasteiger partial charge in [0.1, 0.15) is 0 Å². The fraction of sp³-hybridized carbons (Fsp3) is 0.600. The lowest BCUT2D eigenvalue weighted by Gasteiger charge is -2.14. The van der Waals surface area contributed by atoms with Crippen molar-refractivity contribution >= 4 is 0 Å². The number of hydrogen-bond acceptors (Lipinski definition) is 1. The SMILES string of the molecule is CCC(CC)NCCCCc1ccccc1. The molecule has 1 rings (SSSR count). The van der Waals surface area contributed by atoms with Crippen LogP contribution in [0.5, 0.6) is 0 Å². The average molecular weight is 219 g/mol. The number of unbranched alkanes of at least 4 members (excludes halogenated alkanes) is 1. The first-order valence-corrected chi connectivity index (χ1v) is 6.64. The Bertz CT molecular complexity index is 251. The van der Waals surface area contributed by atoms with E-state index in [0.717, 1.165) is 6.04 Å². The molecule has 0 saturated heterocycles. The largest absolute Gasteiger partial charge is 0.314 e. The van der Waals surface area contributed by atoms with Gasteiger partial charge in [0.05, 0.1) is 0 Å². The lowest BCUT2D eigenvalue weighted by Crippen LogP contribution is -2.28. The summed E-state index contributed by atoms with van der Waals surface area (Å²) < 4.78 is 0. The van der Waals surface area contributed by atoms with Crippen LogP contribution in [-0.2, 0) is 6.42 Å². The molecule has 0 heterocycles. The van der Waals surface area contributed by atoms with Crippen molar-refractivity contribution in [3.8, 4) is 0 Å². The van der Waals surface area contributed by atoms with Crippen LogP contribution in [0.25, 0.3) is 0 Å². The number of nitrogens with one attached hydrogen (secondary N) is 1. The Labute approximate surface area is 100 Å². The van der Waals surface area contributed by atoms with Crippen LogP contribution in [0.4, 0.5) is 0 Å². The van der Waals surface area contributed by atoms with Gasteiger partial charge in [-0.1, -0.05) is 44.2 Å². The lowest BCUT2D eigenvalue weighted by atomic mass is 10.1. The minimum absolute atomic E-state index is 0.719. The molecule has 0 fully saturated rings. The highest BCUT2D eigenvalue weighted by Crippen LogP contribution is 2.04. The molecule has 0 aliphatic rings. The second-order valence-corrected chi connectivity index (χ2v) is 4.41. The van der Waals surface area contributed by atoms with Crippen LogP contribution in [-0.4, -0.2) is 12.6 Å². The van der Waals surface area contributed by atoms with Crippen LogP contribution in [0, 0.1) is 0 Å². The molecule has 0 aliphatic carbocycles. The highest BCUT2D eigenvalue weighted by molar-refractivity contribution is 5.14. The molecule has 1 aromatic rings. The maximum Gasteiger partial charge on any atom is 0.00618 e. The van der Waals surface area contributed by atoms with Gasteiger partial charge in [0.15, 0.2) is 0 Å². The summed E-state index contributed by atoms with van der Waals surface area (Å²) in [7, 11) is 0. The summed E-state index contributed by atoms with van der Waals surface area (Å²) in [5, 5.41) is 3.61. The van der Waals surface area contributed by atoms with Gasteiger partial charge in [-0.05, 0) is 44.2 Å². The molecule has 0 unspecified atom stereocenters. The zero-order valence-electron chi connectivity index (χ0n) is 10.7. The van der Waals surface area contributed by atoms with Crippen LogP contribution in [0.2, 0.25) is 0 Å². The second kappa shape index (κ2) is 8.35. The van der Waals surface area contributed by atoms with Gasteiger partial charge in [-0.2, -0.15) is 0 Å². The van der Waals surface area contributed by atoms with E-state index in [1.54, 1.807) is 0 Å². The van der Waals surface area contributed by atoms with Crippen LogP contribution in [0.3, 0.4) is 0 Å². The molecule has 0 spiro atoms. The first-order valence-electron chi connectivity index (χ1n) is 6.64. The van der Waals surface area contributed by atoms with E-state index in [2.05, 4.69) is 49.5 Å². The Morgan fingerprint density at radius 2 is 1.69 bits per heavy atom. The fourth-order valence-corrected chi connectivity index (χ4v) is 1.98. The third-order valence-electron chi connectivity index (χ3n) is 3.15. The summed E-state index contributed by atoms with van der Waals surface area (Å²) in [5.41, 5.74) is 1.46. The van der Waals surface area contributed by atoms with E-state index in [0.29, 0.717) is 0 Å². The molecule has 16 heavy (non-hydrogen) atoms. The average Bonchev–Trinajstić information content (AvgIpc) is 2.35. The van der Waals surface area contributed by atoms with Crippen molar-refractivity contribution < 1.29 is 0 Å². The predicted octanol–water partition coefficient (Wildman–Crippen LogP) is 3.79. The minimum atomic E-state index is 0.719. The molecular formula is C15H25N. The molecule has 1 N–H and O–H groups in total. The molecule has 90 valence electrons. The molecule has 0 aliphatic heterocycles. The Kier molecular flexibility index (Phi) is 6.91. The topological polar surface area (TPSA) is 12.0 Å². The van der Waals surface area contributed by atoms with Gasteiger partial charge in [0.25, 0.3) is 0 Å². The molecule has 1 nitrogen and oxygen atoms in total. The van der Waals surface area contributed by atoms with Crippen LogP contribution in [0.1, 0.15) is 45.1 Å². The quantitative estimate of drug-likeness (QED) is 0.656. The second-order valence-electron chi connectivity index (χ2n) is 4.41. The molecule has 1 aromatic carbocycles. The number of rotatable bonds is 8. The van der Waals surface area contributed by atoms with Crippen LogP contribution in [0.15, 0.2) is 30.3 Å². The van der Waals surface area contributed by atoms with Crippen molar-refractivity contribution in [2.45, 2.75) is 52.0 Å². The van der Waals surface area contributed by atoms with Crippen LogP contribution < -0.4 is 5.32 Å². The van der Waals surface area contributed by atoms with Crippen LogP contribution >= 0.6 is 0 Å². The van der Waals surface area contributed by atoms with E-state index in [1.165, 1.54) is 44.2 Å². The van der Waals surface area contributed by atoms with Gasteiger partial charge in [-0.3, -0.25) is 0 Å². The number of aryl methyl sites for hydroxylation is 1. The Morgan fingerprint density at radius 3 is 2.31 bits per heavy atom. The molecule has 0 aromatic heterocycles. The van der Waals surface area contributed by atoms with E-state index >= 15 is 0 Å². The fourth-order valence-electron chi connectivity index (χ4n) is 1.98. The molecule has 1 heteroatoms. The molecule has 0 radical (unpaired) electrons. The monoisotopic (exact) mass is 219 g/mol. The van der Waals surface area contributed by atoms with Crippen molar-refractivity contribution in [1.82, 2.24) is 5.32 Å². The van der Waals surface area contributed by atoms with Crippen molar-refractivity contribution in [2.24, 2.45) is 0 Å². The Morgan fingerprint density at radius 1 is 1.00 bits per heavy atom.